The first kappa shape index (κ1) is 21.5. The largest absolute Gasteiger partial charge is 0.491 e. The highest BCUT2D eigenvalue weighted by atomic mass is 19.4. The first-order chi connectivity index (χ1) is 12.8. The second kappa shape index (κ2) is 9.94. The molecule has 3 unspecified atom stereocenters. The van der Waals surface area contributed by atoms with Crippen molar-refractivity contribution < 1.29 is 27.8 Å². The average Bonchev–Trinajstić information content (AvgIpc) is 2.65. The van der Waals surface area contributed by atoms with E-state index in [-0.39, 0.29) is 30.7 Å². The second-order valence-corrected chi connectivity index (χ2v) is 7.08. The number of rotatable bonds is 8. The van der Waals surface area contributed by atoms with E-state index < -0.39 is 17.8 Å². The van der Waals surface area contributed by atoms with Gasteiger partial charge in [0, 0.05) is 13.0 Å². The second-order valence-electron chi connectivity index (χ2n) is 7.08. The molecule has 0 spiro atoms. The molecular weight excluding hydrogens is 361 g/mol. The number of hydrogen-bond acceptors (Lipinski definition) is 4. The summed E-state index contributed by atoms with van der Waals surface area (Å²) in [5.74, 6) is 0.851. The molecule has 3 atom stereocenters. The van der Waals surface area contributed by atoms with Crippen molar-refractivity contribution in [1.82, 2.24) is 10.6 Å². The van der Waals surface area contributed by atoms with Gasteiger partial charge in [0.15, 0.2) is 0 Å². The molecule has 1 aliphatic rings. The maximum atomic E-state index is 12.5. The summed E-state index contributed by atoms with van der Waals surface area (Å²) < 4.78 is 42.8. The topological polar surface area (TPSA) is 70.6 Å². The Morgan fingerprint density at radius 2 is 2.07 bits per heavy atom. The molecule has 0 aromatic heterocycles. The van der Waals surface area contributed by atoms with Gasteiger partial charge >= 0.3 is 6.18 Å². The van der Waals surface area contributed by atoms with Gasteiger partial charge in [0.1, 0.15) is 18.5 Å². The predicted octanol–water partition coefficient (Wildman–Crippen LogP) is 2.59. The minimum atomic E-state index is -4.40. The third-order valence-electron chi connectivity index (χ3n) is 4.81. The van der Waals surface area contributed by atoms with E-state index in [2.05, 4.69) is 17.6 Å². The Morgan fingerprint density at radius 1 is 1.37 bits per heavy atom. The van der Waals surface area contributed by atoms with Gasteiger partial charge in [-0.25, -0.2) is 0 Å². The van der Waals surface area contributed by atoms with Crippen LogP contribution in [0.2, 0.25) is 0 Å². The molecule has 5 nitrogen and oxygen atoms in total. The van der Waals surface area contributed by atoms with Crippen LogP contribution in [0.4, 0.5) is 13.2 Å². The lowest BCUT2D eigenvalue weighted by Crippen LogP contribution is -2.38. The summed E-state index contributed by atoms with van der Waals surface area (Å²) in [6, 6.07) is 4.25. The summed E-state index contributed by atoms with van der Waals surface area (Å²) in [7, 11) is 0. The highest BCUT2D eigenvalue weighted by molar-refractivity contribution is 5.76. The molecule has 1 fully saturated rings. The van der Waals surface area contributed by atoms with Crippen molar-refractivity contribution in [3.63, 3.8) is 0 Å². The van der Waals surface area contributed by atoms with Crippen LogP contribution in [0.1, 0.15) is 31.7 Å². The maximum absolute atomic E-state index is 12.5. The van der Waals surface area contributed by atoms with Crippen molar-refractivity contribution in [3.05, 3.63) is 29.8 Å². The van der Waals surface area contributed by atoms with Crippen LogP contribution in [0.25, 0.3) is 0 Å². The van der Waals surface area contributed by atoms with Crippen molar-refractivity contribution >= 4 is 5.91 Å². The van der Waals surface area contributed by atoms with Crippen LogP contribution in [-0.4, -0.2) is 43.4 Å². The number of carbonyl (C=O) groups is 1. The molecule has 3 N–H and O–H groups in total. The van der Waals surface area contributed by atoms with Gasteiger partial charge in [-0.3, -0.25) is 4.79 Å². The molecule has 0 aliphatic carbocycles. The molecule has 2 rings (SSSR count). The Hall–Kier alpha value is -1.80. The van der Waals surface area contributed by atoms with E-state index >= 15 is 0 Å². The molecular formula is C19H27F3N2O3. The lowest BCUT2D eigenvalue weighted by atomic mass is 9.85. The Balaban J connectivity index is 1.66. The number of amides is 1. The number of carbonyl (C=O) groups excluding carboxylic acids is 1. The number of nitrogens with one attached hydrogen (secondary N) is 2. The number of aliphatic hydroxyl groups excluding tert-OH is 1. The molecule has 8 heteroatoms. The van der Waals surface area contributed by atoms with Gasteiger partial charge in [-0.2, -0.15) is 13.2 Å². The number of aliphatic hydroxyl groups is 1. The fourth-order valence-corrected chi connectivity index (χ4v) is 3.12. The fourth-order valence-electron chi connectivity index (χ4n) is 3.12. The number of ether oxygens (including phenoxy) is 1. The van der Waals surface area contributed by atoms with E-state index in [1.54, 1.807) is 0 Å². The van der Waals surface area contributed by atoms with Gasteiger partial charge in [0.2, 0.25) is 5.91 Å². The van der Waals surface area contributed by atoms with E-state index in [1.165, 1.54) is 12.1 Å². The van der Waals surface area contributed by atoms with E-state index in [9.17, 15) is 23.1 Å². The van der Waals surface area contributed by atoms with E-state index in [0.717, 1.165) is 38.1 Å². The number of hydrogen-bond donors (Lipinski definition) is 3. The highest BCUT2D eigenvalue weighted by Gasteiger charge is 2.30. The summed E-state index contributed by atoms with van der Waals surface area (Å²) >= 11 is 0. The van der Waals surface area contributed by atoms with Crippen LogP contribution in [0.3, 0.4) is 0 Å². The summed E-state index contributed by atoms with van der Waals surface area (Å²) in [6.45, 7) is 3.93. The molecule has 1 aromatic carbocycles. The van der Waals surface area contributed by atoms with Gasteiger partial charge in [0.25, 0.3) is 0 Å². The molecule has 0 bridgehead atoms. The van der Waals surface area contributed by atoms with Crippen LogP contribution in [0, 0.1) is 11.8 Å². The summed E-state index contributed by atoms with van der Waals surface area (Å²) in [5, 5.41) is 15.9. The lowest BCUT2D eigenvalue weighted by molar-refractivity contribution is -0.137. The molecule has 1 aromatic rings. The summed E-state index contributed by atoms with van der Waals surface area (Å²) in [4.78, 5) is 12.0. The van der Waals surface area contributed by atoms with Crippen LogP contribution in [0.5, 0.6) is 5.75 Å². The van der Waals surface area contributed by atoms with Gasteiger partial charge in [0.05, 0.1) is 5.56 Å². The summed E-state index contributed by atoms with van der Waals surface area (Å²) in [6.07, 6.45) is -2.70. The third-order valence-corrected chi connectivity index (χ3v) is 4.81. The highest BCUT2D eigenvalue weighted by Crippen LogP contribution is 2.30. The Morgan fingerprint density at radius 3 is 2.67 bits per heavy atom. The fraction of sp³-hybridized carbons (Fsp3) is 0.632. The van der Waals surface area contributed by atoms with Crippen LogP contribution in [0.15, 0.2) is 24.3 Å². The minimum absolute atomic E-state index is 0.0368. The summed E-state index contributed by atoms with van der Waals surface area (Å²) in [5.41, 5.74) is -0.759. The first-order valence-corrected chi connectivity index (χ1v) is 9.21. The zero-order chi connectivity index (χ0) is 19.9. The number of alkyl halides is 3. The van der Waals surface area contributed by atoms with Crippen LogP contribution >= 0.6 is 0 Å². The molecule has 0 radical (unpaired) electrons. The average molecular weight is 388 g/mol. The quantitative estimate of drug-likeness (QED) is 0.640. The van der Waals surface area contributed by atoms with Gasteiger partial charge in [-0.1, -0.05) is 6.92 Å². The smallest absolute Gasteiger partial charge is 0.416 e. The van der Waals surface area contributed by atoms with Crippen molar-refractivity contribution in [2.75, 3.05) is 26.2 Å². The van der Waals surface area contributed by atoms with Crippen LogP contribution in [-0.2, 0) is 11.0 Å². The Labute approximate surface area is 157 Å². The maximum Gasteiger partial charge on any atom is 0.416 e. The molecule has 1 saturated heterocycles. The van der Waals surface area contributed by atoms with E-state index in [4.69, 9.17) is 4.74 Å². The molecule has 27 heavy (non-hydrogen) atoms. The monoisotopic (exact) mass is 388 g/mol. The molecule has 1 aliphatic heterocycles. The first-order valence-electron chi connectivity index (χ1n) is 9.21. The van der Waals surface area contributed by atoms with Crippen molar-refractivity contribution in [3.8, 4) is 5.75 Å². The van der Waals surface area contributed by atoms with Crippen LogP contribution < -0.4 is 15.4 Å². The number of halogens is 3. The van der Waals surface area contributed by atoms with Crippen molar-refractivity contribution in [2.45, 2.75) is 38.5 Å². The minimum Gasteiger partial charge on any atom is -0.491 e. The number of benzene rings is 1. The van der Waals surface area contributed by atoms with Crippen molar-refractivity contribution in [2.24, 2.45) is 11.8 Å². The lowest BCUT2D eigenvalue weighted by Gasteiger charge is -2.28. The Kier molecular flexibility index (Phi) is 7.91. The zero-order valence-corrected chi connectivity index (χ0v) is 15.4. The predicted molar refractivity (Wildman–Crippen MR) is 95.3 cm³/mol. The van der Waals surface area contributed by atoms with E-state index in [1.807, 2.05) is 0 Å². The number of piperidine rings is 1. The van der Waals surface area contributed by atoms with Gasteiger partial charge < -0.3 is 20.5 Å². The zero-order valence-electron chi connectivity index (χ0n) is 15.4. The molecule has 1 heterocycles. The third kappa shape index (κ3) is 7.38. The normalized spacial score (nSPS) is 20.0. The van der Waals surface area contributed by atoms with Crippen molar-refractivity contribution in [1.29, 1.82) is 0 Å². The van der Waals surface area contributed by atoms with Gasteiger partial charge in [-0.15, -0.1) is 0 Å². The molecule has 152 valence electrons. The molecule has 1 amide bonds. The standard InChI is InChI=1S/C19H27F3N2O3/c1-13(14-3-2-8-23-10-14)9-18(26)24-11-16(25)12-27-17-6-4-15(5-7-17)19(20,21)22/h4-7,13-14,16,23,25H,2-3,8-12H2,1H3,(H,24,26). The Bertz CT molecular complexity index is 587. The SMILES string of the molecule is CC(CC(=O)NCC(O)COc1ccc(C(F)(F)F)cc1)C1CCCNC1. The molecule has 0 saturated carbocycles. The van der Waals surface area contributed by atoms with Gasteiger partial charge in [-0.05, 0) is 62.0 Å². The van der Waals surface area contributed by atoms with E-state index in [0.29, 0.717) is 12.3 Å².